The number of pyridine rings is 1. The quantitative estimate of drug-likeness (QED) is 0.661. The van der Waals surface area contributed by atoms with Crippen molar-refractivity contribution in [3.8, 4) is 0 Å². The number of halogens is 1. The Morgan fingerprint density at radius 3 is 3.07 bits per heavy atom. The number of nitrogens with zero attached hydrogens (tertiary/aromatic N) is 1. The monoisotopic (exact) mass is 272 g/mol. The van der Waals surface area contributed by atoms with Crippen molar-refractivity contribution in [2.45, 2.75) is 12.8 Å². The molecule has 1 rings (SSSR count). The Kier molecular flexibility index (Phi) is 5.28. The molecular formula is C10H13BrN2O2. The van der Waals surface area contributed by atoms with E-state index in [-0.39, 0.29) is 5.91 Å². The number of aromatic nitrogens is 1. The maximum absolute atomic E-state index is 11.4. The zero-order chi connectivity index (χ0) is 11.1. The second kappa shape index (κ2) is 6.53. The molecule has 0 atom stereocenters. The summed E-state index contributed by atoms with van der Waals surface area (Å²) in [6.07, 6.45) is 1.17. The summed E-state index contributed by atoms with van der Waals surface area (Å²) in [5, 5.41) is 2.71. The number of carbonyl (C=O) groups excluding carboxylic acids is 1. The molecule has 0 aliphatic rings. The van der Waals surface area contributed by atoms with Gasteiger partial charge in [-0.05, 0) is 34.5 Å². The second-order valence-corrected chi connectivity index (χ2v) is 3.80. The average molecular weight is 273 g/mol. The van der Waals surface area contributed by atoms with Crippen molar-refractivity contribution in [2.75, 3.05) is 19.0 Å². The van der Waals surface area contributed by atoms with Crippen molar-refractivity contribution < 1.29 is 9.53 Å². The highest BCUT2D eigenvalue weighted by atomic mass is 79.9. The first-order valence-electron chi connectivity index (χ1n) is 4.63. The first kappa shape index (κ1) is 12.1. The average Bonchev–Trinajstić information content (AvgIpc) is 2.18. The zero-order valence-corrected chi connectivity index (χ0v) is 10.1. The summed E-state index contributed by atoms with van der Waals surface area (Å²) >= 11 is 3.23. The zero-order valence-electron chi connectivity index (χ0n) is 8.50. The lowest BCUT2D eigenvalue weighted by Gasteiger charge is -2.03. The number of amides is 1. The van der Waals surface area contributed by atoms with Crippen LogP contribution in [-0.2, 0) is 9.53 Å². The van der Waals surface area contributed by atoms with Gasteiger partial charge in [0.1, 0.15) is 10.4 Å². The minimum Gasteiger partial charge on any atom is -0.385 e. The van der Waals surface area contributed by atoms with Crippen LogP contribution in [0, 0.1) is 0 Å². The first-order valence-corrected chi connectivity index (χ1v) is 5.43. The van der Waals surface area contributed by atoms with Crippen LogP contribution in [-0.4, -0.2) is 24.6 Å². The van der Waals surface area contributed by atoms with Crippen molar-refractivity contribution >= 4 is 27.7 Å². The summed E-state index contributed by atoms with van der Waals surface area (Å²) in [7, 11) is 1.62. The van der Waals surface area contributed by atoms with E-state index in [1.165, 1.54) is 0 Å². The third-order valence-electron chi connectivity index (χ3n) is 1.73. The molecule has 0 saturated heterocycles. The van der Waals surface area contributed by atoms with E-state index in [0.717, 1.165) is 6.42 Å². The summed E-state index contributed by atoms with van der Waals surface area (Å²) in [6, 6.07) is 5.38. The van der Waals surface area contributed by atoms with E-state index in [4.69, 9.17) is 4.74 Å². The van der Waals surface area contributed by atoms with Gasteiger partial charge in [0, 0.05) is 20.1 Å². The molecule has 1 N–H and O–H groups in total. The summed E-state index contributed by atoms with van der Waals surface area (Å²) in [5.41, 5.74) is 0. The van der Waals surface area contributed by atoms with E-state index in [0.29, 0.717) is 23.4 Å². The van der Waals surface area contributed by atoms with E-state index in [1.807, 2.05) is 6.07 Å². The number of anilines is 1. The lowest BCUT2D eigenvalue weighted by atomic mass is 10.3. The predicted molar refractivity (Wildman–Crippen MR) is 61.7 cm³/mol. The highest BCUT2D eigenvalue weighted by Gasteiger charge is 2.02. The van der Waals surface area contributed by atoms with Gasteiger partial charge in [-0.25, -0.2) is 4.98 Å². The van der Waals surface area contributed by atoms with Crippen LogP contribution in [0.15, 0.2) is 22.8 Å². The fourth-order valence-corrected chi connectivity index (χ4v) is 1.40. The molecular weight excluding hydrogens is 260 g/mol. The molecule has 1 aromatic rings. The smallest absolute Gasteiger partial charge is 0.225 e. The molecule has 4 nitrogen and oxygen atoms in total. The number of methoxy groups -OCH3 is 1. The Balaban J connectivity index is 2.37. The molecule has 1 amide bonds. The Hall–Kier alpha value is -0.940. The minimum atomic E-state index is -0.0438. The van der Waals surface area contributed by atoms with Gasteiger partial charge in [-0.1, -0.05) is 6.07 Å². The van der Waals surface area contributed by atoms with Gasteiger partial charge in [0.25, 0.3) is 0 Å². The van der Waals surface area contributed by atoms with Crippen LogP contribution in [0.2, 0.25) is 0 Å². The number of hydrogen-bond donors (Lipinski definition) is 1. The Bertz CT molecular complexity index is 331. The van der Waals surface area contributed by atoms with Crippen molar-refractivity contribution in [3.63, 3.8) is 0 Å². The van der Waals surface area contributed by atoms with Crippen LogP contribution < -0.4 is 5.32 Å². The molecule has 15 heavy (non-hydrogen) atoms. The maximum atomic E-state index is 11.4. The normalized spacial score (nSPS) is 10.0. The summed E-state index contributed by atoms with van der Waals surface area (Å²) in [5.74, 6) is 0.518. The molecule has 82 valence electrons. The van der Waals surface area contributed by atoms with Gasteiger partial charge >= 0.3 is 0 Å². The van der Waals surface area contributed by atoms with Crippen molar-refractivity contribution in [3.05, 3.63) is 22.8 Å². The topological polar surface area (TPSA) is 51.2 Å². The third kappa shape index (κ3) is 4.90. The third-order valence-corrected chi connectivity index (χ3v) is 2.18. The number of carbonyl (C=O) groups is 1. The molecule has 0 fully saturated rings. The highest BCUT2D eigenvalue weighted by Crippen LogP contribution is 2.10. The van der Waals surface area contributed by atoms with Crippen LogP contribution in [0.25, 0.3) is 0 Å². The van der Waals surface area contributed by atoms with Crippen molar-refractivity contribution in [2.24, 2.45) is 0 Å². The van der Waals surface area contributed by atoms with Crippen LogP contribution in [0.4, 0.5) is 5.82 Å². The molecule has 0 radical (unpaired) electrons. The number of rotatable bonds is 5. The highest BCUT2D eigenvalue weighted by molar-refractivity contribution is 9.10. The van der Waals surface area contributed by atoms with Crippen molar-refractivity contribution in [1.82, 2.24) is 4.98 Å². The van der Waals surface area contributed by atoms with Gasteiger partial charge in [-0.2, -0.15) is 0 Å². The molecule has 0 saturated carbocycles. The van der Waals surface area contributed by atoms with E-state index < -0.39 is 0 Å². The molecule has 5 heteroatoms. The molecule has 1 heterocycles. The fourth-order valence-electron chi connectivity index (χ4n) is 1.06. The SMILES string of the molecule is COCCCC(=O)Nc1cccc(Br)n1. The van der Waals surface area contributed by atoms with Crippen LogP contribution >= 0.6 is 15.9 Å². The first-order chi connectivity index (χ1) is 7.22. The molecule has 0 spiro atoms. The molecule has 0 aliphatic heterocycles. The number of nitrogens with one attached hydrogen (secondary N) is 1. The number of hydrogen-bond acceptors (Lipinski definition) is 3. The van der Waals surface area contributed by atoms with Crippen LogP contribution in [0.1, 0.15) is 12.8 Å². The molecule has 1 aromatic heterocycles. The molecule has 0 bridgehead atoms. The second-order valence-electron chi connectivity index (χ2n) is 2.99. The lowest BCUT2D eigenvalue weighted by molar-refractivity contribution is -0.116. The lowest BCUT2D eigenvalue weighted by Crippen LogP contribution is -2.13. The minimum absolute atomic E-state index is 0.0438. The maximum Gasteiger partial charge on any atom is 0.225 e. The van der Waals surface area contributed by atoms with Gasteiger partial charge in [-0.15, -0.1) is 0 Å². The van der Waals surface area contributed by atoms with Gasteiger partial charge in [0.15, 0.2) is 0 Å². The molecule has 0 unspecified atom stereocenters. The molecule has 0 aromatic carbocycles. The summed E-state index contributed by atoms with van der Waals surface area (Å²) in [4.78, 5) is 15.5. The van der Waals surface area contributed by atoms with Gasteiger partial charge in [0.2, 0.25) is 5.91 Å². The van der Waals surface area contributed by atoms with Gasteiger partial charge < -0.3 is 10.1 Å². The Morgan fingerprint density at radius 1 is 1.60 bits per heavy atom. The van der Waals surface area contributed by atoms with Gasteiger partial charge in [-0.3, -0.25) is 4.79 Å². The molecule has 0 aliphatic carbocycles. The number of ether oxygens (including phenoxy) is 1. The van der Waals surface area contributed by atoms with E-state index in [1.54, 1.807) is 19.2 Å². The van der Waals surface area contributed by atoms with E-state index in [2.05, 4.69) is 26.2 Å². The van der Waals surface area contributed by atoms with E-state index in [9.17, 15) is 4.79 Å². The Labute approximate surface area is 97.2 Å². The Morgan fingerprint density at radius 2 is 2.40 bits per heavy atom. The van der Waals surface area contributed by atoms with Crippen molar-refractivity contribution in [1.29, 1.82) is 0 Å². The standard InChI is InChI=1S/C10H13BrN2O2/c1-15-7-3-6-10(14)13-9-5-2-4-8(11)12-9/h2,4-5H,3,6-7H2,1H3,(H,12,13,14). The van der Waals surface area contributed by atoms with Crippen LogP contribution in [0.3, 0.4) is 0 Å². The fraction of sp³-hybridized carbons (Fsp3) is 0.400. The predicted octanol–water partition coefficient (Wildman–Crippen LogP) is 2.21. The van der Waals surface area contributed by atoms with Gasteiger partial charge in [0.05, 0.1) is 0 Å². The summed E-state index contributed by atoms with van der Waals surface area (Å²) in [6.45, 7) is 0.597. The largest absolute Gasteiger partial charge is 0.385 e. The van der Waals surface area contributed by atoms with E-state index >= 15 is 0 Å². The summed E-state index contributed by atoms with van der Waals surface area (Å²) < 4.78 is 5.56. The van der Waals surface area contributed by atoms with Crippen LogP contribution in [0.5, 0.6) is 0 Å².